The molecule has 0 atom stereocenters. The number of amides is 1. The smallest absolute Gasteiger partial charge is 0.409 e. The standard InChI is InChI=1S/C23H24N2.C7H7NO2/c1-4-10-20(11-5-1)23(21-12-6-2-7-13-21,22-14-8-3-9-15-22)25-18-16-24-17-19-25;9-7(10)8-6-4-2-1-3-5-6/h1-15,24H,16-19H2;1-5,8H,(H,9,10). The first kappa shape index (κ1) is 24.2. The number of hydrogen-bond acceptors (Lipinski definition) is 3. The van der Waals surface area contributed by atoms with Crippen molar-refractivity contribution in [2.75, 3.05) is 31.5 Å². The summed E-state index contributed by atoms with van der Waals surface area (Å²) in [7, 11) is 0. The number of carboxylic acid groups (broad SMARTS) is 1. The maximum Gasteiger partial charge on any atom is 0.409 e. The fraction of sp³-hybridized carbons (Fsp3) is 0.167. The van der Waals surface area contributed by atoms with Gasteiger partial charge >= 0.3 is 6.09 Å². The van der Waals surface area contributed by atoms with Crippen molar-refractivity contribution in [1.29, 1.82) is 0 Å². The maximum atomic E-state index is 10.1. The molecule has 4 aromatic rings. The normalized spacial score (nSPS) is 13.8. The van der Waals surface area contributed by atoms with Crippen LogP contribution in [0.5, 0.6) is 0 Å². The summed E-state index contributed by atoms with van der Waals surface area (Å²) in [5.74, 6) is 0. The molecule has 178 valence electrons. The summed E-state index contributed by atoms with van der Waals surface area (Å²) in [6.07, 6.45) is -1.04. The Morgan fingerprint density at radius 2 is 1.03 bits per heavy atom. The molecule has 1 amide bonds. The van der Waals surface area contributed by atoms with E-state index < -0.39 is 6.09 Å². The summed E-state index contributed by atoms with van der Waals surface area (Å²) in [5.41, 5.74) is 4.32. The van der Waals surface area contributed by atoms with Crippen molar-refractivity contribution < 1.29 is 9.90 Å². The lowest BCUT2D eigenvalue weighted by Crippen LogP contribution is -2.55. The van der Waals surface area contributed by atoms with Crippen LogP contribution in [0.15, 0.2) is 121 Å². The zero-order chi connectivity index (χ0) is 24.3. The Morgan fingerprint density at radius 3 is 1.40 bits per heavy atom. The van der Waals surface area contributed by atoms with Gasteiger partial charge in [-0.2, -0.15) is 0 Å². The highest BCUT2D eigenvalue weighted by molar-refractivity contribution is 5.82. The predicted molar refractivity (Wildman–Crippen MR) is 142 cm³/mol. The van der Waals surface area contributed by atoms with Gasteiger partial charge in [-0.05, 0) is 28.8 Å². The van der Waals surface area contributed by atoms with Gasteiger partial charge in [0.25, 0.3) is 0 Å². The van der Waals surface area contributed by atoms with E-state index in [4.69, 9.17) is 5.11 Å². The van der Waals surface area contributed by atoms with E-state index in [0.29, 0.717) is 5.69 Å². The first-order valence-electron chi connectivity index (χ1n) is 11.9. The number of nitrogens with zero attached hydrogens (tertiary/aromatic N) is 1. The molecule has 1 aliphatic rings. The molecule has 0 spiro atoms. The highest BCUT2D eigenvalue weighted by atomic mass is 16.4. The molecule has 0 unspecified atom stereocenters. The van der Waals surface area contributed by atoms with Gasteiger partial charge in [-0.1, -0.05) is 109 Å². The van der Waals surface area contributed by atoms with E-state index in [9.17, 15) is 4.79 Å². The Labute approximate surface area is 207 Å². The van der Waals surface area contributed by atoms with Gasteiger partial charge in [0.05, 0.1) is 5.54 Å². The number of piperazine rings is 1. The summed E-state index contributed by atoms with van der Waals surface area (Å²) in [5, 5.41) is 14.0. The van der Waals surface area contributed by atoms with Crippen molar-refractivity contribution in [2.45, 2.75) is 5.54 Å². The molecule has 1 fully saturated rings. The second-order valence-electron chi connectivity index (χ2n) is 8.34. The first-order valence-corrected chi connectivity index (χ1v) is 11.9. The molecule has 5 nitrogen and oxygen atoms in total. The van der Waals surface area contributed by atoms with E-state index in [2.05, 4.69) is 107 Å². The van der Waals surface area contributed by atoms with Crippen molar-refractivity contribution in [2.24, 2.45) is 0 Å². The van der Waals surface area contributed by atoms with Crippen LogP contribution in [0.25, 0.3) is 0 Å². The van der Waals surface area contributed by atoms with E-state index in [1.54, 1.807) is 24.3 Å². The molecule has 0 radical (unpaired) electrons. The topological polar surface area (TPSA) is 64.6 Å². The minimum atomic E-state index is -1.04. The fourth-order valence-electron chi connectivity index (χ4n) is 4.73. The lowest BCUT2D eigenvalue weighted by atomic mass is 9.75. The Hall–Kier alpha value is -3.93. The fourth-order valence-corrected chi connectivity index (χ4v) is 4.73. The zero-order valence-electron chi connectivity index (χ0n) is 19.7. The van der Waals surface area contributed by atoms with Crippen LogP contribution in [0, 0.1) is 0 Å². The van der Waals surface area contributed by atoms with E-state index in [1.807, 2.05) is 6.07 Å². The highest BCUT2D eigenvalue weighted by Crippen LogP contribution is 2.42. The van der Waals surface area contributed by atoms with Gasteiger partial charge in [0.15, 0.2) is 0 Å². The van der Waals surface area contributed by atoms with E-state index in [1.165, 1.54) is 16.7 Å². The molecule has 1 aliphatic heterocycles. The third-order valence-corrected chi connectivity index (χ3v) is 6.19. The van der Waals surface area contributed by atoms with Crippen LogP contribution in [0.2, 0.25) is 0 Å². The summed E-state index contributed by atoms with van der Waals surface area (Å²) in [6.45, 7) is 4.10. The number of para-hydroxylation sites is 1. The second-order valence-corrected chi connectivity index (χ2v) is 8.34. The van der Waals surface area contributed by atoms with E-state index >= 15 is 0 Å². The number of nitrogens with one attached hydrogen (secondary N) is 2. The van der Waals surface area contributed by atoms with Gasteiger partial charge in [0.1, 0.15) is 0 Å². The molecule has 1 heterocycles. The Balaban J connectivity index is 0.000000243. The lowest BCUT2D eigenvalue weighted by molar-refractivity contribution is 0.137. The van der Waals surface area contributed by atoms with E-state index in [-0.39, 0.29) is 5.54 Å². The molecular weight excluding hydrogens is 434 g/mol. The number of carbonyl (C=O) groups is 1. The minimum Gasteiger partial charge on any atom is -0.465 e. The van der Waals surface area contributed by atoms with Gasteiger partial charge in [-0.3, -0.25) is 10.2 Å². The average molecular weight is 466 g/mol. The van der Waals surface area contributed by atoms with Crippen molar-refractivity contribution >= 4 is 11.8 Å². The molecule has 3 N–H and O–H groups in total. The summed E-state index contributed by atoms with van der Waals surface area (Å²) >= 11 is 0. The van der Waals surface area contributed by atoms with Gasteiger partial charge in [-0.15, -0.1) is 0 Å². The summed E-state index contributed by atoms with van der Waals surface area (Å²) in [6, 6.07) is 41.5. The SMILES string of the molecule is O=C(O)Nc1ccccc1.c1ccc(C(c2ccccc2)(c2ccccc2)N2CCNCC2)cc1. The quantitative estimate of drug-likeness (QED) is 0.333. The third-order valence-electron chi connectivity index (χ3n) is 6.19. The monoisotopic (exact) mass is 465 g/mol. The number of hydrogen-bond donors (Lipinski definition) is 3. The maximum absolute atomic E-state index is 10.1. The Bertz CT molecular complexity index is 1070. The van der Waals surface area contributed by atoms with Crippen LogP contribution in [0.3, 0.4) is 0 Å². The highest BCUT2D eigenvalue weighted by Gasteiger charge is 2.42. The molecule has 5 heteroatoms. The minimum absolute atomic E-state index is 0.258. The van der Waals surface area contributed by atoms with Crippen LogP contribution in [0.4, 0.5) is 10.5 Å². The molecule has 5 rings (SSSR count). The van der Waals surface area contributed by atoms with Gasteiger partial charge in [0.2, 0.25) is 0 Å². The molecule has 0 bridgehead atoms. The van der Waals surface area contributed by atoms with E-state index in [0.717, 1.165) is 26.2 Å². The van der Waals surface area contributed by atoms with Crippen LogP contribution in [-0.4, -0.2) is 42.3 Å². The number of benzene rings is 4. The predicted octanol–water partition coefficient (Wildman–Crippen LogP) is 5.66. The molecule has 1 saturated heterocycles. The van der Waals surface area contributed by atoms with Crippen molar-refractivity contribution in [3.8, 4) is 0 Å². The number of anilines is 1. The molecule has 0 saturated carbocycles. The molecule has 0 aliphatic carbocycles. The number of rotatable bonds is 5. The van der Waals surface area contributed by atoms with Crippen molar-refractivity contribution in [3.63, 3.8) is 0 Å². The summed E-state index contributed by atoms with van der Waals surface area (Å²) in [4.78, 5) is 12.7. The van der Waals surface area contributed by atoms with Crippen molar-refractivity contribution in [1.82, 2.24) is 10.2 Å². The van der Waals surface area contributed by atoms with Crippen LogP contribution >= 0.6 is 0 Å². The van der Waals surface area contributed by atoms with Gasteiger partial charge in [-0.25, -0.2) is 4.79 Å². The third kappa shape index (κ3) is 5.77. The second kappa shape index (κ2) is 12.0. The van der Waals surface area contributed by atoms with Crippen LogP contribution in [0.1, 0.15) is 16.7 Å². The summed E-state index contributed by atoms with van der Waals surface area (Å²) < 4.78 is 0. The van der Waals surface area contributed by atoms with Crippen LogP contribution < -0.4 is 10.6 Å². The van der Waals surface area contributed by atoms with Crippen LogP contribution in [-0.2, 0) is 5.54 Å². The average Bonchev–Trinajstić information content (AvgIpc) is 2.92. The first-order chi connectivity index (χ1) is 17.2. The molecule has 4 aromatic carbocycles. The Kier molecular flexibility index (Phi) is 8.28. The molecular formula is C30H31N3O2. The van der Waals surface area contributed by atoms with Gasteiger partial charge < -0.3 is 10.4 Å². The molecule has 35 heavy (non-hydrogen) atoms. The molecule has 0 aromatic heterocycles. The Morgan fingerprint density at radius 1 is 0.657 bits per heavy atom. The van der Waals surface area contributed by atoms with Gasteiger partial charge in [0, 0.05) is 31.9 Å². The largest absolute Gasteiger partial charge is 0.465 e. The van der Waals surface area contributed by atoms with Crippen molar-refractivity contribution in [3.05, 3.63) is 138 Å². The zero-order valence-corrected chi connectivity index (χ0v) is 19.7. The lowest BCUT2D eigenvalue weighted by Gasteiger charge is -2.47.